The molecule has 0 aromatic heterocycles. The van der Waals surface area contributed by atoms with E-state index in [1.165, 1.54) is 0 Å². The summed E-state index contributed by atoms with van der Waals surface area (Å²) >= 11 is 2.19. The maximum absolute atomic E-state index is 5.49. The molecule has 0 bridgehead atoms. The highest BCUT2D eigenvalue weighted by Crippen LogP contribution is 2.20. The third kappa shape index (κ3) is 21.0. The van der Waals surface area contributed by atoms with Crippen LogP contribution in [0.1, 0.15) is 27.7 Å². The van der Waals surface area contributed by atoms with Crippen molar-refractivity contribution >= 4 is 28.5 Å². The Morgan fingerprint density at radius 3 is 1.71 bits per heavy atom. The van der Waals surface area contributed by atoms with Crippen molar-refractivity contribution in [1.29, 1.82) is 0 Å². The predicted octanol–water partition coefficient (Wildman–Crippen LogP) is 3.36. The van der Waals surface area contributed by atoms with Gasteiger partial charge in [-0.15, -0.1) is 0 Å². The topological polar surface area (TPSA) is 40.2 Å². The Bertz CT molecular complexity index is 190. The van der Waals surface area contributed by atoms with Gasteiger partial charge in [-0.05, 0) is 42.9 Å². The molecule has 0 aliphatic carbocycles. The minimum absolute atomic E-state index is 0.505. The van der Waals surface area contributed by atoms with Gasteiger partial charge < -0.3 is 23.6 Å². The Morgan fingerprint density at radius 2 is 1.29 bits per heavy atom. The van der Waals surface area contributed by atoms with E-state index in [1.54, 1.807) is 0 Å². The van der Waals surface area contributed by atoms with Crippen LogP contribution in [0.15, 0.2) is 0 Å². The van der Waals surface area contributed by atoms with E-state index >= 15 is 0 Å². The predicted molar refractivity (Wildman–Crippen MR) is 99.9 cm³/mol. The van der Waals surface area contributed by atoms with Crippen LogP contribution >= 0.6 is 28.5 Å². The van der Waals surface area contributed by atoms with Crippen LogP contribution in [-0.2, 0) is 18.7 Å². The zero-order valence-corrected chi connectivity index (χ0v) is 17.3. The lowest BCUT2D eigenvalue weighted by atomic mass is 10.3. The first-order valence-electron chi connectivity index (χ1n) is 7.59. The van der Waals surface area contributed by atoms with E-state index in [1.807, 2.05) is 13.8 Å². The van der Waals surface area contributed by atoms with Crippen molar-refractivity contribution in [2.75, 3.05) is 59.8 Å². The summed E-state index contributed by atoms with van der Waals surface area (Å²) < 4.78 is 21.4. The Morgan fingerprint density at radius 1 is 0.857 bits per heavy atom. The molecule has 0 radical (unpaired) electrons. The highest BCUT2D eigenvalue weighted by Gasteiger charge is 2.01. The number of nitrogens with zero attached hydrogens (tertiary/aromatic N) is 1. The standard InChI is InChI=1S/C12H27INO4P.C2H6/c1-12(2)14(3)4-5-15-6-7-16-8-9-17-10-11-18-19-13;1-2/h12,19H,4-11H2,1-3H3;1-2H3. The molecule has 0 N–H and O–H groups in total. The average molecular weight is 437 g/mol. The molecule has 0 saturated carbocycles. The summed E-state index contributed by atoms with van der Waals surface area (Å²) in [6.07, 6.45) is 0. The van der Waals surface area contributed by atoms with Crippen LogP contribution in [0.4, 0.5) is 0 Å². The summed E-state index contributed by atoms with van der Waals surface area (Å²) in [7, 11) is 2.10. The monoisotopic (exact) mass is 437 g/mol. The Balaban J connectivity index is 0. The SMILES string of the molecule is CC.CC(C)N(C)CCOCCOCCOCCOPI. The molecule has 130 valence electrons. The summed E-state index contributed by atoms with van der Waals surface area (Å²) in [4.78, 5) is 2.26. The van der Waals surface area contributed by atoms with Gasteiger partial charge in [0.15, 0.2) is 0 Å². The molecule has 0 aromatic carbocycles. The van der Waals surface area contributed by atoms with Crippen molar-refractivity contribution in [2.24, 2.45) is 0 Å². The Labute approximate surface area is 145 Å². The van der Waals surface area contributed by atoms with Crippen molar-refractivity contribution in [1.82, 2.24) is 4.90 Å². The fourth-order valence-corrected chi connectivity index (χ4v) is 1.97. The van der Waals surface area contributed by atoms with E-state index in [-0.39, 0.29) is 0 Å². The van der Waals surface area contributed by atoms with Gasteiger partial charge >= 0.3 is 0 Å². The number of rotatable bonds is 14. The number of halogens is 1. The molecule has 0 aromatic rings. The van der Waals surface area contributed by atoms with Crippen molar-refractivity contribution < 1.29 is 18.7 Å². The summed E-state index contributed by atoms with van der Waals surface area (Å²) in [5.41, 5.74) is 0. The molecule has 7 heteroatoms. The highest BCUT2D eigenvalue weighted by atomic mass is 127. The molecule has 0 rings (SSSR count). The quantitative estimate of drug-likeness (QED) is 0.237. The summed E-state index contributed by atoms with van der Waals surface area (Å²) in [6.45, 7) is 14.4. The molecular formula is C14H33INO4P. The first kappa shape index (κ1) is 24.2. The number of likely N-dealkylation sites (N-methyl/N-ethyl adjacent to an activating group) is 1. The van der Waals surface area contributed by atoms with Gasteiger partial charge in [-0.3, -0.25) is 0 Å². The Kier molecular flexibility index (Phi) is 24.2. The van der Waals surface area contributed by atoms with Crippen LogP contribution in [0, 0.1) is 0 Å². The molecule has 0 heterocycles. The molecule has 1 unspecified atom stereocenters. The van der Waals surface area contributed by atoms with E-state index in [0.717, 1.165) is 13.2 Å². The van der Waals surface area contributed by atoms with Gasteiger partial charge in [-0.2, -0.15) is 0 Å². The molecule has 21 heavy (non-hydrogen) atoms. The van der Waals surface area contributed by atoms with Gasteiger partial charge in [-0.25, -0.2) is 0 Å². The van der Waals surface area contributed by atoms with Crippen molar-refractivity contribution in [3.8, 4) is 0 Å². The molecular weight excluding hydrogens is 404 g/mol. The first-order valence-corrected chi connectivity index (χ1v) is 11.6. The van der Waals surface area contributed by atoms with Crippen LogP contribution in [0.2, 0.25) is 0 Å². The van der Waals surface area contributed by atoms with Gasteiger partial charge in [0.05, 0.1) is 52.7 Å². The van der Waals surface area contributed by atoms with E-state index in [0.29, 0.717) is 52.1 Å². The molecule has 5 nitrogen and oxygen atoms in total. The molecule has 0 aliphatic rings. The van der Waals surface area contributed by atoms with Gasteiger partial charge in [0, 0.05) is 12.6 Å². The smallest absolute Gasteiger partial charge is 0.0794 e. The van der Waals surface area contributed by atoms with Crippen LogP contribution in [0.5, 0.6) is 0 Å². The third-order valence-corrected chi connectivity index (χ3v) is 3.85. The van der Waals surface area contributed by atoms with Crippen molar-refractivity contribution in [3.05, 3.63) is 0 Å². The largest absolute Gasteiger partial charge is 0.378 e. The van der Waals surface area contributed by atoms with Gasteiger partial charge in [0.25, 0.3) is 0 Å². The molecule has 0 amide bonds. The second kappa shape index (κ2) is 21.0. The lowest BCUT2D eigenvalue weighted by Crippen LogP contribution is -2.30. The van der Waals surface area contributed by atoms with E-state index in [4.69, 9.17) is 18.7 Å². The third-order valence-electron chi connectivity index (χ3n) is 2.60. The normalized spacial score (nSPS) is 11.4. The number of hydrogen-bond acceptors (Lipinski definition) is 5. The zero-order chi connectivity index (χ0) is 16.3. The van der Waals surface area contributed by atoms with Crippen LogP contribution < -0.4 is 0 Å². The van der Waals surface area contributed by atoms with Crippen LogP contribution in [0.25, 0.3) is 0 Å². The lowest BCUT2D eigenvalue weighted by Gasteiger charge is -2.20. The summed E-state index contributed by atoms with van der Waals surface area (Å²) in [6, 6.07) is 0.564. The molecule has 0 aliphatic heterocycles. The van der Waals surface area contributed by atoms with Gasteiger partial charge in [-0.1, -0.05) is 13.8 Å². The molecule has 0 fully saturated rings. The second-order valence-electron chi connectivity index (χ2n) is 4.34. The molecule has 1 atom stereocenters. The van der Waals surface area contributed by atoms with E-state index in [2.05, 4.69) is 47.8 Å². The summed E-state index contributed by atoms with van der Waals surface area (Å²) in [5.74, 6) is 0. The summed E-state index contributed by atoms with van der Waals surface area (Å²) in [5, 5.41) is 0. The molecule has 0 spiro atoms. The van der Waals surface area contributed by atoms with Crippen molar-refractivity contribution in [2.45, 2.75) is 33.7 Å². The fourth-order valence-electron chi connectivity index (χ4n) is 1.15. The minimum atomic E-state index is 0.505. The second-order valence-corrected chi connectivity index (χ2v) is 6.10. The van der Waals surface area contributed by atoms with E-state index in [9.17, 15) is 0 Å². The number of hydrogen-bond donors (Lipinski definition) is 0. The van der Waals surface area contributed by atoms with Gasteiger partial charge in [0.2, 0.25) is 0 Å². The zero-order valence-electron chi connectivity index (χ0n) is 14.2. The van der Waals surface area contributed by atoms with Gasteiger partial charge in [0.1, 0.15) is 0 Å². The number of ether oxygens (including phenoxy) is 3. The molecule has 0 saturated heterocycles. The maximum Gasteiger partial charge on any atom is 0.0794 e. The average Bonchev–Trinajstić information content (AvgIpc) is 2.50. The lowest BCUT2D eigenvalue weighted by molar-refractivity contribution is 0.00680. The van der Waals surface area contributed by atoms with Crippen molar-refractivity contribution in [3.63, 3.8) is 0 Å². The maximum atomic E-state index is 5.49. The Hall–Kier alpha value is 0.960. The highest BCUT2D eigenvalue weighted by molar-refractivity contribution is 14.2. The van der Waals surface area contributed by atoms with Crippen LogP contribution in [0.3, 0.4) is 0 Å². The van der Waals surface area contributed by atoms with Crippen LogP contribution in [-0.4, -0.2) is 70.8 Å². The first-order chi connectivity index (χ1) is 10.2. The van der Waals surface area contributed by atoms with E-state index < -0.39 is 0 Å². The minimum Gasteiger partial charge on any atom is -0.378 e. The fraction of sp³-hybridized carbons (Fsp3) is 1.00.